The van der Waals surface area contributed by atoms with E-state index in [0.29, 0.717) is 22.6 Å². The van der Waals surface area contributed by atoms with Crippen LogP contribution in [0.15, 0.2) is 48.5 Å². The Labute approximate surface area is 224 Å². The van der Waals surface area contributed by atoms with Gasteiger partial charge in [-0.1, -0.05) is 32.9 Å². The number of carbonyl (C=O) groups excluding carboxylic acids is 1. The molecule has 0 spiro atoms. The molecule has 204 valence electrons. The largest absolute Gasteiger partial charge is 0.485 e. The van der Waals surface area contributed by atoms with Gasteiger partial charge < -0.3 is 15.2 Å². The Morgan fingerprint density at radius 2 is 1.61 bits per heavy atom. The second-order valence-corrected chi connectivity index (χ2v) is 11.6. The molecule has 1 heterocycles. The van der Waals surface area contributed by atoms with E-state index >= 15 is 0 Å². The highest BCUT2D eigenvalue weighted by Gasteiger charge is 2.30. The van der Waals surface area contributed by atoms with Crippen LogP contribution in [0.3, 0.4) is 0 Å². The number of halogens is 3. The lowest BCUT2D eigenvalue weighted by molar-refractivity contribution is -0.138. The van der Waals surface area contributed by atoms with Crippen molar-refractivity contribution in [2.75, 3.05) is 6.54 Å². The number of benzene rings is 2. The molecule has 1 unspecified atom stereocenters. The Hall–Kier alpha value is -3.33. The fourth-order valence-electron chi connectivity index (χ4n) is 4.21. The highest BCUT2D eigenvalue weighted by Crippen LogP contribution is 2.39. The van der Waals surface area contributed by atoms with Gasteiger partial charge in [-0.25, -0.2) is 0 Å². The molecule has 38 heavy (non-hydrogen) atoms. The van der Waals surface area contributed by atoms with E-state index in [1.807, 2.05) is 32.0 Å². The standard InChI is InChI=1S/C29H32F3NO4S/c1-17-14-21(15-18(2)26(17)19-6-8-20(9-7-19)29(30,31)32)37-22(16-28(3,4)5)23-10-11-24(38-23)27(36)33-13-12-25(34)35/h6-11,14-15,22H,12-13,16H2,1-5H3,(H,33,36)(H,34,35). The summed E-state index contributed by atoms with van der Waals surface area (Å²) in [7, 11) is 0. The van der Waals surface area contributed by atoms with Crippen molar-refractivity contribution in [3.63, 3.8) is 0 Å². The number of carboxylic acid groups (broad SMARTS) is 1. The van der Waals surface area contributed by atoms with E-state index in [1.54, 1.807) is 6.07 Å². The summed E-state index contributed by atoms with van der Waals surface area (Å²) in [6, 6.07) is 12.5. The molecule has 3 aromatic rings. The number of thiophene rings is 1. The summed E-state index contributed by atoms with van der Waals surface area (Å²) in [6.07, 6.45) is -4.20. The summed E-state index contributed by atoms with van der Waals surface area (Å²) in [5.74, 6) is -0.680. The van der Waals surface area contributed by atoms with Gasteiger partial charge in [0.15, 0.2) is 0 Å². The molecule has 5 nitrogen and oxygen atoms in total. The molecular weight excluding hydrogens is 515 g/mol. The van der Waals surface area contributed by atoms with Crippen molar-refractivity contribution in [2.24, 2.45) is 5.41 Å². The van der Waals surface area contributed by atoms with Crippen molar-refractivity contribution in [1.82, 2.24) is 5.32 Å². The first-order valence-corrected chi connectivity index (χ1v) is 13.0. The molecule has 2 aromatic carbocycles. The Morgan fingerprint density at radius 3 is 2.13 bits per heavy atom. The first kappa shape index (κ1) is 29.2. The van der Waals surface area contributed by atoms with Gasteiger partial charge in [-0.05, 0) is 84.3 Å². The average Bonchev–Trinajstić information content (AvgIpc) is 3.27. The average molecular weight is 548 g/mol. The van der Waals surface area contributed by atoms with Gasteiger partial charge >= 0.3 is 12.1 Å². The molecule has 0 fully saturated rings. The van der Waals surface area contributed by atoms with Crippen LogP contribution in [0.5, 0.6) is 5.75 Å². The maximum Gasteiger partial charge on any atom is 0.416 e. The first-order valence-electron chi connectivity index (χ1n) is 12.2. The van der Waals surface area contributed by atoms with Crippen LogP contribution in [0.4, 0.5) is 13.2 Å². The fraction of sp³-hybridized carbons (Fsp3) is 0.379. The predicted molar refractivity (Wildman–Crippen MR) is 143 cm³/mol. The van der Waals surface area contributed by atoms with Crippen LogP contribution < -0.4 is 10.1 Å². The predicted octanol–water partition coefficient (Wildman–Crippen LogP) is 7.81. The van der Waals surface area contributed by atoms with Gasteiger partial charge in [0.05, 0.1) is 16.9 Å². The van der Waals surface area contributed by atoms with Gasteiger partial charge in [0, 0.05) is 11.4 Å². The molecular formula is C29H32F3NO4S. The quantitative estimate of drug-likeness (QED) is 0.286. The van der Waals surface area contributed by atoms with Crippen molar-refractivity contribution in [3.05, 3.63) is 75.0 Å². The fourth-order valence-corrected chi connectivity index (χ4v) is 5.17. The lowest BCUT2D eigenvalue weighted by atomic mass is 9.88. The molecule has 1 amide bonds. The minimum Gasteiger partial charge on any atom is -0.485 e. The number of carboxylic acids is 1. The van der Waals surface area contributed by atoms with Crippen molar-refractivity contribution in [3.8, 4) is 16.9 Å². The second kappa shape index (κ2) is 11.6. The monoisotopic (exact) mass is 547 g/mol. The number of amides is 1. The smallest absolute Gasteiger partial charge is 0.416 e. The van der Waals surface area contributed by atoms with Crippen molar-refractivity contribution in [1.29, 1.82) is 0 Å². The third-order valence-electron chi connectivity index (χ3n) is 5.88. The molecule has 0 saturated heterocycles. The zero-order valence-corrected chi connectivity index (χ0v) is 22.8. The van der Waals surface area contributed by atoms with Crippen LogP contribution in [-0.2, 0) is 11.0 Å². The summed E-state index contributed by atoms with van der Waals surface area (Å²) >= 11 is 1.30. The van der Waals surface area contributed by atoms with Gasteiger partial charge in [-0.2, -0.15) is 13.2 Å². The zero-order valence-electron chi connectivity index (χ0n) is 22.0. The van der Waals surface area contributed by atoms with Crippen molar-refractivity contribution in [2.45, 2.75) is 59.7 Å². The van der Waals surface area contributed by atoms with E-state index < -0.39 is 17.7 Å². The van der Waals surface area contributed by atoms with E-state index in [0.717, 1.165) is 33.7 Å². The van der Waals surface area contributed by atoms with Gasteiger partial charge in [0.2, 0.25) is 0 Å². The summed E-state index contributed by atoms with van der Waals surface area (Å²) in [5, 5.41) is 11.4. The number of alkyl halides is 3. The molecule has 0 bridgehead atoms. The Kier molecular flexibility index (Phi) is 8.92. The number of hydrogen-bond donors (Lipinski definition) is 2. The maximum absolute atomic E-state index is 13.0. The highest BCUT2D eigenvalue weighted by molar-refractivity contribution is 7.14. The summed E-state index contributed by atoms with van der Waals surface area (Å²) in [4.78, 5) is 24.5. The second-order valence-electron chi connectivity index (χ2n) is 10.5. The lowest BCUT2D eigenvalue weighted by Gasteiger charge is -2.27. The number of aliphatic carboxylic acids is 1. The Balaban J connectivity index is 1.85. The van der Waals surface area contributed by atoms with E-state index in [2.05, 4.69) is 26.1 Å². The minimum absolute atomic E-state index is 0.0488. The maximum atomic E-state index is 13.0. The molecule has 0 radical (unpaired) electrons. The van der Waals surface area contributed by atoms with E-state index in [1.165, 1.54) is 23.5 Å². The molecule has 9 heteroatoms. The Morgan fingerprint density at radius 1 is 1.00 bits per heavy atom. The van der Waals surface area contributed by atoms with Gasteiger partial charge in [-0.15, -0.1) is 11.3 Å². The molecule has 1 aromatic heterocycles. The molecule has 0 saturated carbocycles. The lowest BCUT2D eigenvalue weighted by Crippen LogP contribution is -2.25. The molecule has 0 aliphatic rings. The number of rotatable bonds is 9. The molecule has 3 rings (SSSR count). The highest BCUT2D eigenvalue weighted by atomic mass is 32.1. The van der Waals surface area contributed by atoms with E-state index in [9.17, 15) is 22.8 Å². The molecule has 0 aliphatic carbocycles. The zero-order chi connectivity index (χ0) is 28.3. The SMILES string of the molecule is Cc1cc(OC(CC(C)(C)C)c2ccc(C(=O)NCCC(=O)O)s2)cc(C)c1-c1ccc(C(F)(F)F)cc1. The summed E-state index contributed by atoms with van der Waals surface area (Å²) < 4.78 is 45.4. The van der Waals surface area contributed by atoms with Crippen LogP contribution in [-0.4, -0.2) is 23.5 Å². The summed E-state index contributed by atoms with van der Waals surface area (Å²) in [5.41, 5.74) is 2.53. The molecule has 0 aliphatic heterocycles. The van der Waals surface area contributed by atoms with Crippen LogP contribution in [0.1, 0.15) is 71.0 Å². The van der Waals surface area contributed by atoms with Crippen LogP contribution in [0.2, 0.25) is 0 Å². The number of ether oxygens (including phenoxy) is 1. The van der Waals surface area contributed by atoms with Gasteiger partial charge in [0.1, 0.15) is 11.9 Å². The third-order valence-corrected chi connectivity index (χ3v) is 7.05. The normalized spacial score (nSPS) is 12.7. The minimum atomic E-state index is -4.39. The molecule has 1 atom stereocenters. The van der Waals surface area contributed by atoms with Crippen LogP contribution in [0.25, 0.3) is 11.1 Å². The number of hydrogen-bond acceptors (Lipinski definition) is 4. The van der Waals surface area contributed by atoms with Crippen molar-refractivity contribution >= 4 is 23.2 Å². The van der Waals surface area contributed by atoms with E-state index in [-0.39, 0.29) is 30.4 Å². The summed E-state index contributed by atoms with van der Waals surface area (Å²) in [6.45, 7) is 10.1. The van der Waals surface area contributed by atoms with Crippen LogP contribution >= 0.6 is 11.3 Å². The van der Waals surface area contributed by atoms with Crippen molar-refractivity contribution < 1.29 is 32.6 Å². The van der Waals surface area contributed by atoms with Gasteiger partial charge in [-0.3, -0.25) is 9.59 Å². The van der Waals surface area contributed by atoms with Crippen LogP contribution in [0, 0.1) is 19.3 Å². The van der Waals surface area contributed by atoms with E-state index in [4.69, 9.17) is 9.84 Å². The number of carbonyl (C=O) groups is 2. The topological polar surface area (TPSA) is 75.6 Å². The number of nitrogens with one attached hydrogen (secondary N) is 1. The molecule has 2 N–H and O–H groups in total. The first-order chi connectivity index (χ1) is 17.6. The third kappa shape index (κ3) is 7.84. The Bertz CT molecular complexity index is 1270. The van der Waals surface area contributed by atoms with Gasteiger partial charge in [0.25, 0.3) is 5.91 Å². The number of aryl methyl sites for hydroxylation is 2.